The van der Waals surface area contributed by atoms with Crippen molar-refractivity contribution in [2.45, 2.75) is 33.0 Å². The molecule has 0 saturated heterocycles. The van der Waals surface area contributed by atoms with Crippen molar-refractivity contribution < 1.29 is 0 Å². The Labute approximate surface area is 127 Å². The lowest BCUT2D eigenvalue weighted by Gasteiger charge is -2.14. The Balaban J connectivity index is 1.97. The highest BCUT2D eigenvalue weighted by atomic mass is 15.3. The van der Waals surface area contributed by atoms with Gasteiger partial charge in [0.25, 0.3) is 0 Å². The molecule has 4 heteroatoms. The van der Waals surface area contributed by atoms with Crippen LogP contribution in [-0.2, 0) is 33.1 Å². The Kier molecular flexibility index (Phi) is 5.53. The van der Waals surface area contributed by atoms with E-state index in [2.05, 4.69) is 66.8 Å². The van der Waals surface area contributed by atoms with Gasteiger partial charge in [-0.15, -0.1) is 0 Å². The minimum atomic E-state index is 0.868. The van der Waals surface area contributed by atoms with E-state index >= 15 is 0 Å². The maximum absolute atomic E-state index is 4.48. The van der Waals surface area contributed by atoms with Gasteiger partial charge in [0, 0.05) is 38.4 Å². The molecule has 1 N–H and O–H groups in total. The van der Waals surface area contributed by atoms with E-state index in [9.17, 15) is 0 Å². The fraction of sp³-hybridized carbons (Fsp3) is 0.471. The molecule has 4 nitrogen and oxygen atoms in total. The fourth-order valence-electron chi connectivity index (χ4n) is 2.59. The second-order valence-electron chi connectivity index (χ2n) is 5.74. The van der Waals surface area contributed by atoms with Crippen LogP contribution in [0.3, 0.4) is 0 Å². The lowest BCUT2D eigenvalue weighted by Crippen LogP contribution is -2.17. The summed E-state index contributed by atoms with van der Waals surface area (Å²) < 4.78 is 1.90. The number of aromatic nitrogens is 2. The van der Waals surface area contributed by atoms with Gasteiger partial charge in [-0.3, -0.25) is 4.68 Å². The molecule has 0 unspecified atom stereocenters. The molecule has 114 valence electrons. The molecule has 1 aromatic carbocycles. The van der Waals surface area contributed by atoms with E-state index in [1.165, 1.54) is 22.4 Å². The van der Waals surface area contributed by atoms with Crippen molar-refractivity contribution in [3.05, 3.63) is 52.8 Å². The number of aryl methyl sites for hydroxylation is 2. The van der Waals surface area contributed by atoms with Crippen molar-refractivity contribution in [1.82, 2.24) is 20.0 Å². The summed E-state index contributed by atoms with van der Waals surface area (Å²) >= 11 is 0. The largest absolute Gasteiger partial charge is 0.308 e. The van der Waals surface area contributed by atoms with Crippen LogP contribution in [0.15, 0.2) is 30.5 Å². The Morgan fingerprint density at radius 3 is 2.43 bits per heavy atom. The molecule has 0 bridgehead atoms. The topological polar surface area (TPSA) is 33.1 Å². The van der Waals surface area contributed by atoms with Gasteiger partial charge in [-0.2, -0.15) is 5.10 Å². The third kappa shape index (κ3) is 4.41. The van der Waals surface area contributed by atoms with Crippen LogP contribution in [0, 0.1) is 0 Å². The summed E-state index contributed by atoms with van der Waals surface area (Å²) in [6.07, 6.45) is 3.09. The molecule has 2 aromatic rings. The first kappa shape index (κ1) is 15.7. The molecule has 0 fully saturated rings. The lowest BCUT2D eigenvalue weighted by molar-refractivity contribution is 0.400. The summed E-state index contributed by atoms with van der Waals surface area (Å²) in [4.78, 5) is 2.20. The minimum absolute atomic E-state index is 0.868. The number of nitrogens with zero attached hydrogens (tertiary/aromatic N) is 3. The molecule has 0 radical (unpaired) electrons. The van der Waals surface area contributed by atoms with Crippen molar-refractivity contribution in [2.75, 3.05) is 14.1 Å². The standard InChI is InChI=1S/C17H26N4/c1-5-17-16(13-21(4)19-17)11-18-10-14-8-6-7-9-15(14)12-20(2)3/h6-9,13,18H,5,10-12H2,1-4H3. The Bertz CT molecular complexity index is 572. The van der Waals surface area contributed by atoms with Gasteiger partial charge in [-0.25, -0.2) is 0 Å². The van der Waals surface area contributed by atoms with Crippen molar-refractivity contribution in [3.63, 3.8) is 0 Å². The van der Waals surface area contributed by atoms with Crippen LogP contribution >= 0.6 is 0 Å². The first-order valence-electron chi connectivity index (χ1n) is 7.53. The van der Waals surface area contributed by atoms with Crippen LogP contribution in [0.2, 0.25) is 0 Å². The zero-order valence-corrected chi connectivity index (χ0v) is 13.6. The molecule has 0 saturated carbocycles. The highest BCUT2D eigenvalue weighted by Gasteiger charge is 2.06. The van der Waals surface area contributed by atoms with Crippen LogP contribution in [-0.4, -0.2) is 28.8 Å². The Hall–Kier alpha value is -1.65. The minimum Gasteiger partial charge on any atom is -0.308 e. The molecule has 1 heterocycles. The van der Waals surface area contributed by atoms with Gasteiger partial charge in [0.15, 0.2) is 0 Å². The third-order valence-electron chi connectivity index (χ3n) is 3.56. The molecule has 0 aliphatic carbocycles. The molecule has 0 amide bonds. The summed E-state index contributed by atoms with van der Waals surface area (Å²) in [7, 11) is 6.19. The quantitative estimate of drug-likeness (QED) is 0.848. The molecule has 0 atom stereocenters. The van der Waals surface area contributed by atoms with Crippen LogP contribution in [0.25, 0.3) is 0 Å². The van der Waals surface area contributed by atoms with E-state index < -0.39 is 0 Å². The van der Waals surface area contributed by atoms with E-state index in [-0.39, 0.29) is 0 Å². The van der Waals surface area contributed by atoms with Gasteiger partial charge in [-0.1, -0.05) is 31.2 Å². The summed E-state index contributed by atoms with van der Waals surface area (Å²) in [6, 6.07) is 8.63. The zero-order chi connectivity index (χ0) is 15.2. The maximum Gasteiger partial charge on any atom is 0.0666 e. The van der Waals surface area contributed by atoms with Crippen LogP contribution in [0.4, 0.5) is 0 Å². The number of rotatable bonds is 7. The number of hydrogen-bond donors (Lipinski definition) is 1. The lowest BCUT2D eigenvalue weighted by atomic mass is 10.1. The summed E-state index contributed by atoms with van der Waals surface area (Å²) in [6.45, 7) is 4.89. The average Bonchev–Trinajstić information content (AvgIpc) is 2.80. The van der Waals surface area contributed by atoms with E-state index in [4.69, 9.17) is 0 Å². The number of benzene rings is 1. The third-order valence-corrected chi connectivity index (χ3v) is 3.56. The van der Waals surface area contributed by atoms with Crippen LogP contribution in [0.5, 0.6) is 0 Å². The van der Waals surface area contributed by atoms with Gasteiger partial charge < -0.3 is 10.2 Å². The van der Waals surface area contributed by atoms with E-state index in [1.807, 2.05) is 11.7 Å². The normalized spacial score (nSPS) is 11.3. The highest BCUT2D eigenvalue weighted by Crippen LogP contribution is 2.11. The highest BCUT2D eigenvalue weighted by molar-refractivity contribution is 5.27. The molecule has 2 rings (SSSR count). The number of hydrogen-bond acceptors (Lipinski definition) is 3. The maximum atomic E-state index is 4.48. The van der Waals surface area contributed by atoms with E-state index in [1.54, 1.807) is 0 Å². The summed E-state index contributed by atoms with van der Waals surface area (Å²) in [5.41, 5.74) is 5.24. The molecule has 1 aromatic heterocycles. The zero-order valence-electron chi connectivity index (χ0n) is 13.6. The summed E-state index contributed by atoms with van der Waals surface area (Å²) in [5, 5.41) is 8.03. The van der Waals surface area contributed by atoms with Crippen molar-refractivity contribution in [3.8, 4) is 0 Å². The second kappa shape index (κ2) is 7.38. The SMILES string of the molecule is CCc1nn(C)cc1CNCc1ccccc1CN(C)C. The van der Waals surface area contributed by atoms with Gasteiger partial charge >= 0.3 is 0 Å². The van der Waals surface area contributed by atoms with Gasteiger partial charge in [-0.05, 0) is 31.6 Å². The molecule has 0 aliphatic heterocycles. The van der Waals surface area contributed by atoms with Gasteiger partial charge in [0.2, 0.25) is 0 Å². The van der Waals surface area contributed by atoms with Gasteiger partial charge in [0.1, 0.15) is 0 Å². The monoisotopic (exact) mass is 286 g/mol. The smallest absolute Gasteiger partial charge is 0.0666 e. The average molecular weight is 286 g/mol. The molecule has 0 spiro atoms. The predicted octanol–water partition coefficient (Wildman–Crippen LogP) is 2.33. The van der Waals surface area contributed by atoms with Gasteiger partial charge in [0.05, 0.1) is 5.69 Å². The van der Waals surface area contributed by atoms with E-state index in [0.717, 1.165) is 26.1 Å². The Morgan fingerprint density at radius 2 is 1.76 bits per heavy atom. The first-order valence-corrected chi connectivity index (χ1v) is 7.53. The van der Waals surface area contributed by atoms with Crippen LogP contribution in [0.1, 0.15) is 29.3 Å². The Morgan fingerprint density at radius 1 is 1.10 bits per heavy atom. The van der Waals surface area contributed by atoms with Crippen LogP contribution < -0.4 is 5.32 Å². The van der Waals surface area contributed by atoms with Crippen molar-refractivity contribution >= 4 is 0 Å². The first-order chi connectivity index (χ1) is 10.1. The molecule has 0 aliphatic rings. The molecular weight excluding hydrogens is 260 g/mol. The second-order valence-corrected chi connectivity index (χ2v) is 5.74. The molecular formula is C17H26N4. The van der Waals surface area contributed by atoms with E-state index in [0.29, 0.717) is 0 Å². The predicted molar refractivity (Wildman–Crippen MR) is 87.0 cm³/mol. The number of nitrogens with one attached hydrogen (secondary N) is 1. The fourth-order valence-corrected chi connectivity index (χ4v) is 2.59. The molecule has 21 heavy (non-hydrogen) atoms. The summed E-state index contributed by atoms with van der Waals surface area (Å²) in [5.74, 6) is 0. The van der Waals surface area contributed by atoms with Crippen molar-refractivity contribution in [1.29, 1.82) is 0 Å². The van der Waals surface area contributed by atoms with Crippen molar-refractivity contribution in [2.24, 2.45) is 7.05 Å².